The van der Waals surface area contributed by atoms with Crippen LogP contribution in [0.3, 0.4) is 0 Å². The summed E-state index contributed by atoms with van der Waals surface area (Å²) < 4.78 is 0. The fraction of sp³-hybridized carbons (Fsp3) is 0.471. The Balaban J connectivity index is 1.63. The van der Waals surface area contributed by atoms with Crippen LogP contribution in [-0.2, 0) is 16.2 Å². The van der Waals surface area contributed by atoms with Crippen molar-refractivity contribution >= 4 is 0 Å². The number of rotatable bonds is 3. The Labute approximate surface area is 221 Å². The lowest BCUT2D eigenvalue weighted by molar-refractivity contribution is -0.0500. The second-order valence-corrected chi connectivity index (χ2v) is 13.2. The van der Waals surface area contributed by atoms with Crippen LogP contribution in [0.25, 0.3) is 0 Å². The largest absolute Gasteiger partial charge is 0.508 e. The lowest BCUT2D eigenvalue weighted by atomic mass is 9.36. The maximum absolute atomic E-state index is 10.5. The molecule has 4 bridgehead atoms. The predicted molar refractivity (Wildman–Crippen MR) is 149 cm³/mol. The summed E-state index contributed by atoms with van der Waals surface area (Å²) in [7, 11) is 0. The molecule has 0 heterocycles. The van der Waals surface area contributed by atoms with E-state index in [9.17, 15) is 15.3 Å². The van der Waals surface area contributed by atoms with Crippen LogP contribution in [-0.4, -0.2) is 15.3 Å². The molecule has 3 aromatic carbocycles. The van der Waals surface area contributed by atoms with Crippen molar-refractivity contribution in [1.29, 1.82) is 0 Å². The average molecular weight is 497 g/mol. The summed E-state index contributed by atoms with van der Waals surface area (Å²) in [5, 5.41) is 31.5. The number of benzene rings is 3. The van der Waals surface area contributed by atoms with Crippen LogP contribution in [0, 0.1) is 47.5 Å². The zero-order valence-corrected chi connectivity index (χ0v) is 23.1. The van der Waals surface area contributed by atoms with Gasteiger partial charge in [-0.05, 0) is 171 Å². The molecule has 0 atom stereocenters. The summed E-state index contributed by atoms with van der Waals surface area (Å²) in [4.78, 5) is 0. The van der Waals surface area contributed by atoms with Crippen molar-refractivity contribution in [3.8, 4) is 17.2 Å². The molecule has 4 aliphatic carbocycles. The van der Waals surface area contributed by atoms with E-state index in [0.29, 0.717) is 23.2 Å². The Hall–Kier alpha value is -2.94. The zero-order valence-electron chi connectivity index (χ0n) is 23.1. The third kappa shape index (κ3) is 3.46. The summed E-state index contributed by atoms with van der Waals surface area (Å²) in [6.07, 6.45) is 6.87. The summed E-state index contributed by atoms with van der Waals surface area (Å²) in [6, 6.07) is 12.7. The van der Waals surface area contributed by atoms with E-state index in [-0.39, 0.29) is 16.2 Å². The van der Waals surface area contributed by atoms with Gasteiger partial charge in [0.1, 0.15) is 17.2 Å². The molecule has 37 heavy (non-hydrogen) atoms. The van der Waals surface area contributed by atoms with Gasteiger partial charge in [0, 0.05) is 0 Å². The van der Waals surface area contributed by atoms with Crippen LogP contribution in [0.4, 0.5) is 0 Å². The predicted octanol–water partition coefficient (Wildman–Crippen LogP) is 7.77. The van der Waals surface area contributed by atoms with Gasteiger partial charge in [-0.15, -0.1) is 0 Å². The minimum atomic E-state index is 0.0262. The number of aromatic hydroxyl groups is 3. The Bertz CT molecular complexity index is 1270. The molecule has 0 aliphatic heterocycles. The van der Waals surface area contributed by atoms with E-state index in [1.165, 1.54) is 52.6 Å². The van der Waals surface area contributed by atoms with Crippen molar-refractivity contribution in [2.75, 3.05) is 0 Å². The molecule has 0 aromatic heterocycles. The molecule has 3 nitrogen and oxygen atoms in total. The van der Waals surface area contributed by atoms with E-state index in [4.69, 9.17) is 0 Å². The van der Waals surface area contributed by atoms with Gasteiger partial charge in [0.25, 0.3) is 0 Å². The van der Waals surface area contributed by atoms with Gasteiger partial charge in [-0.1, -0.05) is 18.2 Å². The van der Waals surface area contributed by atoms with Crippen molar-refractivity contribution in [2.45, 2.75) is 96.3 Å². The smallest absolute Gasteiger partial charge is 0.118 e. The monoisotopic (exact) mass is 496 g/mol. The minimum Gasteiger partial charge on any atom is -0.508 e. The summed E-state index contributed by atoms with van der Waals surface area (Å²) in [6.45, 7) is 12.6. The second-order valence-electron chi connectivity index (χ2n) is 13.2. The van der Waals surface area contributed by atoms with E-state index in [2.05, 4.69) is 39.0 Å². The Kier molecular flexibility index (Phi) is 5.13. The highest BCUT2D eigenvalue weighted by Gasteiger charge is 2.65. The first kappa shape index (κ1) is 24.4. The maximum Gasteiger partial charge on any atom is 0.118 e. The molecule has 0 saturated heterocycles. The SMILES string of the molecule is Cc1cc(C23CC4CC(c5cc(C)c(O)cc5C)(C2)CC(c2cc(C)c(O)cc2C)(C4)C3)c(C)cc1O. The molecule has 4 aliphatic rings. The molecule has 4 fully saturated rings. The minimum absolute atomic E-state index is 0.0262. The van der Waals surface area contributed by atoms with Crippen LogP contribution in [0.1, 0.15) is 88.6 Å². The van der Waals surface area contributed by atoms with Gasteiger partial charge < -0.3 is 15.3 Å². The van der Waals surface area contributed by atoms with Crippen molar-refractivity contribution in [2.24, 2.45) is 5.92 Å². The first-order valence-corrected chi connectivity index (χ1v) is 13.8. The topological polar surface area (TPSA) is 60.7 Å². The lowest BCUT2D eigenvalue weighted by Crippen LogP contribution is -2.62. The highest BCUT2D eigenvalue weighted by molar-refractivity contribution is 5.54. The van der Waals surface area contributed by atoms with Crippen molar-refractivity contribution in [3.63, 3.8) is 0 Å². The van der Waals surface area contributed by atoms with Gasteiger partial charge in [0.15, 0.2) is 0 Å². The molecule has 3 aromatic rings. The summed E-state index contributed by atoms with van der Waals surface area (Å²) in [5.41, 5.74) is 10.7. The first-order chi connectivity index (χ1) is 17.4. The van der Waals surface area contributed by atoms with Gasteiger partial charge in [-0.3, -0.25) is 0 Å². The highest BCUT2D eigenvalue weighted by atomic mass is 16.3. The molecule has 3 N–H and O–H groups in total. The molecule has 194 valence electrons. The van der Waals surface area contributed by atoms with Crippen LogP contribution in [0.15, 0.2) is 36.4 Å². The lowest BCUT2D eigenvalue weighted by Gasteiger charge is -2.68. The second kappa shape index (κ2) is 7.79. The third-order valence-corrected chi connectivity index (χ3v) is 10.4. The number of hydrogen-bond donors (Lipinski definition) is 3. The van der Waals surface area contributed by atoms with Gasteiger partial charge in [-0.25, -0.2) is 0 Å². The van der Waals surface area contributed by atoms with E-state index in [1.807, 2.05) is 39.0 Å². The van der Waals surface area contributed by atoms with Gasteiger partial charge in [-0.2, -0.15) is 0 Å². The quantitative estimate of drug-likeness (QED) is 0.347. The zero-order chi connectivity index (χ0) is 26.5. The van der Waals surface area contributed by atoms with Gasteiger partial charge >= 0.3 is 0 Å². The number of hydrogen-bond acceptors (Lipinski definition) is 3. The number of phenolic OH excluding ortho intramolecular Hbond substituents is 3. The number of aryl methyl sites for hydroxylation is 6. The summed E-state index contributed by atoms with van der Waals surface area (Å²) >= 11 is 0. The van der Waals surface area contributed by atoms with Crippen LogP contribution < -0.4 is 0 Å². The third-order valence-electron chi connectivity index (χ3n) is 10.4. The molecule has 4 saturated carbocycles. The Morgan fingerprint density at radius 2 is 0.730 bits per heavy atom. The molecule has 0 unspecified atom stereocenters. The molecule has 0 spiro atoms. The van der Waals surface area contributed by atoms with Crippen molar-refractivity contribution < 1.29 is 15.3 Å². The molecule has 0 radical (unpaired) electrons. The Morgan fingerprint density at radius 3 is 1.00 bits per heavy atom. The number of phenols is 3. The van der Waals surface area contributed by atoms with Crippen LogP contribution in [0.2, 0.25) is 0 Å². The standard InChI is InChI=1S/C34H40O3/c1-19-10-29(35)22(4)7-26(19)32-13-25-14-33(16-32,27-8-23(5)30(36)11-20(27)2)18-34(15-25,17-32)28-9-24(6)31(37)12-21(28)3/h7-12,25,35-37H,13-18H2,1-6H3. The average Bonchev–Trinajstić information content (AvgIpc) is 2.80. The van der Waals surface area contributed by atoms with E-state index in [1.54, 1.807) is 0 Å². The van der Waals surface area contributed by atoms with Crippen molar-refractivity contribution in [3.05, 3.63) is 86.5 Å². The molecule has 0 amide bonds. The van der Waals surface area contributed by atoms with Crippen LogP contribution in [0.5, 0.6) is 17.2 Å². The highest BCUT2D eigenvalue weighted by Crippen LogP contribution is 2.71. The first-order valence-electron chi connectivity index (χ1n) is 13.8. The van der Waals surface area contributed by atoms with Gasteiger partial charge in [0.05, 0.1) is 0 Å². The van der Waals surface area contributed by atoms with E-state index in [0.717, 1.165) is 36.0 Å². The molecular weight excluding hydrogens is 456 g/mol. The Morgan fingerprint density at radius 1 is 0.459 bits per heavy atom. The normalized spacial score (nSPS) is 30.2. The fourth-order valence-corrected chi connectivity index (χ4v) is 9.46. The van der Waals surface area contributed by atoms with E-state index < -0.39 is 0 Å². The maximum atomic E-state index is 10.5. The van der Waals surface area contributed by atoms with Crippen molar-refractivity contribution in [1.82, 2.24) is 0 Å². The summed E-state index contributed by atoms with van der Waals surface area (Å²) in [5.74, 6) is 1.74. The molecular formula is C34H40O3. The fourth-order valence-electron chi connectivity index (χ4n) is 9.46. The molecule has 7 rings (SSSR count). The van der Waals surface area contributed by atoms with Crippen LogP contribution >= 0.6 is 0 Å². The van der Waals surface area contributed by atoms with Gasteiger partial charge in [0.2, 0.25) is 0 Å². The molecule has 3 heteroatoms. The van der Waals surface area contributed by atoms with E-state index >= 15 is 0 Å².